The van der Waals surface area contributed by atoms with Crippen LogP contribution in [-0.4, -0.2) is 36.7 Å². The highest BCUT2D eigenvalue weighted by Gasteiger charge is 2.32. The first-order valence-corrected chi connectivity index (χ1v) is 13.0. The first-order valence-electron chi connectivity index (χ1n) is 10.4. The van der Waals surface area contributed by atoms with E-state index in [9.17, 15) is 13.2 Å². The van der Waals surface area contributed by atoms with Gasteiger partial charge in [0.05, 0.1) is 4.90 Å². The Morgan fingerprint density at radius 1 is 1.19 bits per heavy atom. The maximum Gasteiger partial charge on any atom is 0.243 e. The summed E-state index contributed by atoms with van der Waals surface area (Å²) in [6, 6.07) is 14.5. The maximum absolute atomic E-state index is 12.8. The van der Waals surface area contributed by atoms with Crippen molar-refractivity contribution in [1.29, 1.82) is 0 Å². The molecule has 0 aliphatic carbocycles. The van der Waals surface area contributed by atoms with Gasteiger partial charge in [0, 0.05) is 41.5 Å². The number of nitrogens with one attached hydrogen (secondary N) is 1. The molecule has 0 atom stereocenters. The van der Waals surface area contributed by atoms with Gasteiger partial charge in [-0.2, -0.15) is 4.31 Å². The first kappa shape index (κ1) is 22.9. The van der Waals surface area contributed by atoms with Crippen LogP contribution in [0.1, 0.15) is 28.8 Å². The van der Waals surface area contributed by atoms with E-state index >= 15 is 0 Å². The fraction of sp³-hybridized carbons (Fsp3) is 0.304. The van der Waals surface area contributed by atoms with Crippen LogP contribution in [-0.2, 0) is 21.2 Å². The van der Waals surface area contributed by atoms with Crippen molar-refractivity contribution < 1.29 is 13.2 Å². The molecular weight excluding hydrogens is 466 g/mol. The Kier molecular flexibility index (Phi) is 6.95. The first-order chi connectivity index (χ1) is 15.3. The number of nitrogens with zero attached hydrogens (tertiary/aromatic N) is 2. The van der Waals surface area contributed by atoms with Crippen molar-refractivity contribution in [2.75, 3.05) is 18.4 Å². The van der Waals surface area contributed by atoms with E-state index in [0.29, 0.717) is 47.4 Å². The second kappa shape index (κ2) is 9.70. The Labute approximate surface area is 197 Å². The molecule has 1 N–H and O–H groups in total. The van der Waals surface area contributed by atoms with Crippen LogP contribution in [0, 0.1) is 12.8 Å². The Morgan fingerprint density at radius 3 is 2.59 bits per heavy atom. The van der Waals surface area contributed by atoms with Crippen molar-refractivity contribution in [2.45, 2.75) is 31.1 Å². The third-order valence-corrected chi connectivity index (χ3v) is 8.60. The fourth-order valence-corrected chi connectivity index (χ4v) is 6.25. The topological polar surface area (TPSA) is 79.4 Å². The summed E-state index contributed by atoms with van der Waals surface area (Å²) in [6.45, 7) is 2.57. The van der Waals surface area contributed by atoms with Crippen molar-refractivity contribution >= 4 is 44.0 Å². The van der Waals surface area contributed by atoms with Gasteiger partial charge in [-0.1, -0.05) is 41.4 Å². The number of aryl methyl sites for hydroxylation is 1. The minimum absolute atomic E-state index is 0.110. The van der Waals surface area contributed by atoms with Crippen LogP contribution >= 0.6 is 22.9 Å². The smallest absolute Gasteiger partial charge is 0.243 e. The molecule has 0 bridgehead atoms. The number of hydrogen-bond acceptors (Lipinski definition) is 5. The standard InChI is InChI=1S/C23H24ClN3O3S2/c1-16-5-7-21(8-6-16)32(29,30)27-11-9-18(10-12-27)22(28)26-23-25-15-20(31-23)14-17-3-2-4-19(24)13-17/h2-8,13,15,18H,9-12,14H2,1H3,(H,25,26,28). The van der Waals surface area contributed by atoms with Crippen molar-refractivity contribution in [1.82, 2.24) is 9.29 Å². The van der Waals surface area contributed by atoms with E-state index < -0.39 is 10.0 Å². The molecule has 1 fully saturated rings. The molecule has 3 aromatic rings. The van der Waals surface area contributed by atoms with E-state index in [1.165, 1.54) is 15.6 Å². The quantitative estimate of drug-likeness (QED) is 0.542. The van der Waals surface area contributed by atoms with E-state index in [1.807, 2.05) is 31.2 Å². The number of rotatable bonds is 6. The normalized spacial score (nSPS) is 15.6. The van der Waals surface area contributed by atoms with Crippen LogP contribution in [0.25, 0.3) is 0 Å². The summed E-state index contributed by atoms with van der Waals surface area (Å²) in [6.07, 6.45) is 3.43. The van der Waals surface area contributed by atoms with E-state index in [4.69, 9.17) is 11.6 Å². The Balaban J connectivity index is 1.32. The van der Waals surface area contributed by atoms with Gasteiger partial charge in [-0.15, -0.1) is 11.3 Å². The Hall–Kier alpha value is -2.26. The van der Waals surface area contributed by atoms with Crippen LogP contribution in [0.4, 0.5) is 5.13 Å². The van der Waals surface area contributed by atoms with Crippen molar-refractivity contribution in [3.63, 3.8) is 0 Å². The summed E-state index contributed by atoms with van der Waals surface area (Å²) < 4.78 is 27.2. The molecule has 0 saturated carbocycles. The van der Waals surface area contributed by atoms with Crippen molar-refractivity contribution in [3.05, 3.63) is 75.8 Å². The van der Waals surface area contributed by atoms with Crippen LogP contribution < -0.4 is 5.32 Å². The zero-order valence-electron chi connectivity index (χ0n) is 17.6. The molecule has 1 aliphatic rings. The lowest BCUT2D eigenvalue weighted by molar-refractivity contribution is -0.120. The second-order valence-corrected chi connectivity index (χ2v) is 11.4. The number of aromatic nitrogens is 1. The van der Waals surface area contributed by atoms with Gasteiger partial charge in [-0.25, -0.2) is 13.4 Å². The molecule has 1 saturated heterocycles. The molecule has 1 aliphatic heterocycles. The Bertz CT molecular complexity index is 1200. The number of halogens is 1. The molecule has 168 valence electrons. The largest absolute Gasteiger partial charge is 0.302 e. The number of thiazole rings is 1. The number of anilines is 1. The second-order valence-electron chi connectivity index (χ2n) is 7.92. The van der Waals surface area contributed by atoms with E-state index in [2.05, 4.69) is 10.3 Å². The number of carbonyl (C=O) groups excluding carboxylic acids is 1. The lowest BCUT2D eigenvalue weighted by Gasteiger charge is -2.30. The average molecular weight is 490 g/mol. The number of benzene rings is 2. The third-order valence-electron chi connectivity index (χ3n) is 5.53. The number of piperidine rings is 1. The molecule has 6 nitrogen and oxygen atoms in total. The molecule has 0 radical (unpaired) electrons. The molecular formula is C23H24ClN3O3S2. The van der Waals surface area contributed by atoms with E-state index in [0.717, 1.165) is 16.0 Å². The summed E-state index contributed by atoms with van der Waals surface area (Å²) in [5, 5.41) is 4.14. The highest BCUT2D eigenvalue weighted by atomic mass is 35.5. The van der Waals surface area contributed by atoms with Gasteiger partial charge in [-0.3, -0.25) is 4.79 Å². The van der Waals surface area contributed by atoms with Gasteiger partial charge in [0.2, 0.25) is 15.9 Å². The highest BCUT2D eigenvalue weighted by Crippen LogP contribution is 2.27. The molecule has 1 amide bonds. The molecule has 0 unspecified atom stereocenters. The van der Waals surface area contributed by atoms with Gasteiger partial charge in [-0.05, 0) is 49.6 Å². The molecule has 4 rings (SSSR count). The molecule has 9 heteroatoms. The number of carbonyl (C=O) groups is 1. The van der Waals surface area contributed by atoms with Gasteiger partial charge in [0.15, 0.2) is 5.13 Å². The van der Waals surface area contributed by atoms with Crippen molar-refractivity contribution in [2.24, 2.45) is 5.92 Å². The third kappa shape index (κ3) is 5.38. The lowest BCUT2D eigenvalue weighted by atomic mass is 9.97. The molecule has 0 spiro atoms. The van der Waals surface area contributed by atoms with Gasteiger partial charge >= 0.3 is 0 Å². The fourth-order valence-electron chi connectivity index (χ4n) is 3.72. The van der Waals surface area contributed by atoms with Crippen molar-refractivity contribution in [3.8, 4) is 0 Å². The SMILES string of the molecule is Cc1ccc(S(=O)(=O)N2CCC(C(=O)Nc3ncc(Cc4cccc(Cl)c4)s3)CC2)cc1. The predicted octanol–water partition coefficient (Wildman–Crippen LogP) is 4.74. The monoisotopic (exact) mass is 489 g/mol. The number of sulfonamides is 1. The summed E-state index contributed by atoms with van der Waals surface area (Å²) in [5.41, 5.74) is 2.10. The van der Waals surface area contributed by atoms with E-state index in [1.54, 1.807) is 30.5 Å². The number of hydrogen-bond donors (Lipinski definition) is 1. The minimum Gasteiger partial charge on any atom is -0.302 e. The van der Waals surface area contributed by atoms with Gasteiger partial charge in [0.25, 0.3) is 0 Å². The van der Waals surface area contributed by atoms with Crippen LogP contribution in [0.2, 0.25) is 5.02 Å². The minimum atomic E-state index is -3.53. The summed E-state index contributed by atoms with van der Waals surface area (Å²) in [4.78, 5) is 18.4. The molecule has 2 aromatic carbocycles. The summed E-state index contributed by atoms with van der Waals surface area (Å²) >= 11 is 7.48. The summed E-state index contributed by atoms with van der Waals surface area (Å²) in [7, 11) is -3.53. The zero-order valence-corrected chi connectivity index (χ0v) is 20.0. The maximum atomic E-state index is 12.8. The molecule has 2 heterocycles. The Morgan fingerprint density at radius 2 is 1.91 bits per heavy atom. The van der Waals surface area contributed by atoms with Gasteiger partial charge < -0.3 is 5.32 Å². The number of amides is 1. The molecule has 32 heavy (non-hydrogen) atoms. The van der Waals surface area contributed by atoms with Gasteiger partial charge in [0.1, 0.15) is 0 Å². The zero-order chi connectivity index (χ0) is 22.7. The lowest BCUT2D eigenvalue weighted by Crippen LogP contribution is -2.41. The molecule has 1 aromatic heterocycles. The predicted molar refractivity (Wildman–Crippen MR) is 128 cm³/mol. The van der Waals surface area contributed by atoms with Crippen LogP contribution in [0.3, 0.4) is 0 Å². The van der Waals surface area contributed by atoms with Crippen LogP contribution in [0.5, 0.6) is 0 Å². The average Bonchev–Trinajstić information content (AvgIpc) is 3.20. The summed E-state index contributed by atoms with van der Waals surface area (Å²) in [5.74, 6) is -0.346. The van der Waals surface area contributed by atoms with E-state index in [-0.39, 0.29) is 11.8 Å². The van der Waals surface area contributed by atoms with Crippen LogP contribution in [0.15, 0.2) is 59.6 Å². The highest BCUT2D eigenvalue weighted by molar-refractivity contribution is 7.89.